The van der Waals surface area contributed by atoms with Gasteiger partial charge in [-0.25, -0.2) is 4.39 Å². The van der Waals surface area contributed by atoms with Crippen molar-refractivity contribution >= 4 is 31.9 Å². The molecule has 0 bridgehead atoms. The third-order valence-corrected chi connectivity index (χ3v) is 4.58. The van der Waals surface area contributed by atoms with Gasteiger partial charge in [0.05, 0.1) is 23.5 Å². The Morgan fingerprint density at radius 3 is 2.40 bits per heavy atom. The summed E-state index contributed by atoms with van der Waals surface area (Å²) in [5.41, 5.74) is 1.88. The van der Waals surface area contributed by atoms with Crippen LogP contribution in [0.1, 0.15) is 16.0 Å². The molecule has 2 rings (SSSR count). The van der Waals surface area contributed by atoms with Crippen molar-refractivity contribution in [2.45, 2.75) is 4.83 Å². The quantitative estimate of drug-likeness (QED) is 0.662. The molecule has 0 aliphatic carbocycles. The Bertz CT molecular complexity index is 617. The zero-order valence-corrected chi connectivity index (χ0v) is 14.2. The van der Waals surface area contributed by atoms with Gasteiger partial charge in [0, 0.05) is 11.6 Å². The fourth-order valence-corrected chi connectivity index (χ4v) is 2.94. The Labute approximate surface area is 134 Å². The Hall–Kier alpha value is -1.07. The largest absolute Gasteiger partial charge is 0.497 e. The van der Waals surface area contributed by atoms with Crippen LogP contribution in [-0.4, -0.2) is 14.2 Å². The summed E-state index contributed by atoms with van der Waals surface area (Å²) in [6.45, 7) is 0. The Morgan fingerprint density at radius 2 is 1.80 bits per heavy atom. The number of ether oxygens (including phenoxy) is 2. The fraction of sp³-hybridized carbons (Fsp3) is 0.200. The molecule has 2 nitrogen and oxygen atoms in total. The molecule has 2 aromatic carbocycles. The minimum Gasteiger partial charge on any atom is -0.497 e. The summed E-state index contributed by atoms with van der Waals surface area (Å²) in [6.07, 6.45) is 0. The molecule has 20 heavy (non-hydrogen) atoms. The van der Waals surface area contributed by atoms with E-state index in [4.69, 9.17) is 9.47 Å². The second-order valence-electron chi connectivity index (χ2n) is 4.14. The average molecular weight is 404 g/mol. The lowest BCUT2D eigenvalue weighted by atomic mass is 10.0. The van der Waals surface area contributed by atoms with Gasteiger partial charge < -0.3 is 9.47 Å². The minimum atomic E-state index is -0.282. The standard InChI is InChI=1S/C15H13Br2FO2/c1-19-10-4-5-11(14(8-10)20-2)15(17)9-3-6-13(18)12(16)7-9/h3-8,15H,1-2H3. The van der Waals surface area contributed by atoms with E-state index in [0.717, 1.165) is 16.9 Å². The molecule has 0 saturated carbocycles. The molecule has 1 atom stereocenters. The van der Waals surface area contributed by atoms with Gasteiger partial charge in [0.15, 0.2) is 0 Å². The van der Waals surface area contributed by atoms with Crippen LogP contribution in [0, 0.1) is 5.82 Å². The SMILES string of the molecule is COc1ccc(C(Br)c2ccc(F)c(Br)c2)c(OC)c1. The van der Waals surface area contributed by atoms with Gasteiger partial charge in [-0.15, -0.1) is 0 Å². The molecule has 0 fully saturated rings. The summed E-state index contributed by atoms with van der Waals surface area (Å²) in [4.78, 5) is -0.0970. The molecule has 0 N–H and O–H groups in total. The third-order valence-electron chi connectivity index (χ3n) is 2.95. The van der Waals surface area contributed by atoms with E-state index in [0.29, 0.717) is 10.2 Å². The predicted molar refractivity (Wildman–Crippen MR) is 84.4 cm³/mol. The van der Waals surface area contributed by atoms with Crippen LogP contribution < -0.4 is 9.47 Å². The van der Waals surface area contributed by atoms with Crippen LogP contribution in [-0.2, 0) is 0 Å². The van der Waals surface area contributed by atoms with E-state index < -0.39 is 0 Å². The van der Waals surface area contributed by atoms with Crippen molar-refractivity contribution in [1.29, 1.82) is 0 Å². The maximum absolute atomic E-state index is 13.3. The van der Waals surface area contributed by atoms with Crippen LogP contribution in [0.15, 0.2) is 40.9 Å². The fourth-order valence-electron chi connectivity index (χ4n) is 1.88. The van der Waals surface area contributed by atoms with Gasteiger partial charge in [0.2, 0.25) is 0 Å². The van der Waals surface area contributed by atoms with Gasteiger partial charge in [-0.3, -0.25) is 0 Å². The van der Waals surface area contributed by atoms with E-state index in [2.05, 4.69) is 31.9 Å². The highest BCUT2D eigenvalue weighted by atomic mass is 79.9. The van der Waals surface area contributed by atoms with Crippen molar-refractivity contribution in [3.8, 4) is 11.5 Å². The van der Waals surface area contributed by atoms with E-state index in [1.54, 1.807) is 26.4 Å². The molecule has 0 spiro atoms. The Morgan fingerprint density at radius 1 is 1.05 bits per heavy atom. The minimum absolute atomic E-state index is 0.0970. The first-order valence-electron chi connectivity index (χ1n) is 5.87. The molecule has 1 unspecified atom stereocenters. The lowest BCUT2D eigenvalue weighted by Gasteiger charge is -2.16. The summed E-state index contributed by atoms with van der Waals surface area (Å²) in [5.74, 6) is 1.16. The molecule has 0 saturated heterocycles. The van der Waals surface area contributed by atoms with Crippen molar-refractivity contribution in [2.75, 3.05) is 14.2 Å². The number of halogens is 3. The van der Waals surface area contributed by atoms with Gasteiger partial charge >= 0.3 is 0 Å². The molecule has 0 aromatic heterocycles. The van der Waals surface area contributed by atoms with Crippen molar-refractivity contribution in [1.82, 2.24) is 0 Å². The Balaban J connectivity index is 2.41. The van der Waals surface area contributed by atoms with Crippen LogP contribution >= 0.6 is 31.9 Å². The van der Waals surface area contributed by atoms with E-state index in [1.807, 2.05) is 18.2 Å². The molecule has 0 aliphatic heterocycles. The number of alkyl halides is 1. The van der Waals surface area contributed by atoms with Crippen molar-refractivity contribution in [2.24, 2.45) is 0 Å². The van der Waals surface area contributed by atoms with Gasteiger partial charge in [0.1, 0.15) is 17.3 Å². The van der Waals surface area contributed by atoms with Gasteiger partial charge in [-0.1, -0.05) is 28.1 Å². The van der Waals surface area contributed by atoms with Crippen LogP contribution in [0.4, 0.5) is 4.39 Å². The summed E-state index contributed by atoms with van der Waals surface area (Å²) >= 11 is 6.83. The number of hydrogen-bond acceptors (Lipinski definition) is 2. The lowest BCUT2D eigenvalue weighted by molar-refractivity contribution is 0.391. The summed E-state index contributed by atoms with van der Waals surface area (Å²) in [7, 11) is 3.22. The van der Waals surface area contributed by atoms with Gasteiger partial charge in [-0.05, 0) is 39.7 Å². The second-order valence-corrected chi connectivity index (χ2v) is 5.91. The van der Waals surface area contributed by atoms with E-state index in [-0.39, 0.29) is 10.6 Å². The average Bonchev–Trinajstić information content (AvgIpc) is 2.48. The number of methoxy groups -OCH3 is 2. The number of hydrogen-bond donors (Lipinski definition) is 0. The van der Waals surface area contributed by atoms with Crippen molar-refractivity contribution in [3.05, 3.63) is 57.8 Å². The first-order valence-corrected chi connectivity index (χ1v) is 7.58. The highest BCUT2D eigenvalue weighted by molar-refractivity contribution is 9.10. The summed E-state index contributed by atoms with van der Waals surface area (Å²) in [5, 5.41) is 0. The van der Waals surface area contributed by atoms with E-state index >= 15 is 0 Å². The maximum Gasteiger partial charge on any atom is 0.137 e. The van der Waals surface area contributed by atoms with Crippen molar-refractivity contribution in [3.63, 3.8) is 0 Å². The molecule has 0 amide bonds. The first kappa shape index (κ1) is 15.3. The Kier molecular flexibility index (Phi) is 5.05. The zero-order valence-electron chi connectivity index (χ0n) is 11.0. The monoisotopic (exact) mass is 402 g/mol. The number of rotatable bonds is 4. The third kappa shape index (κ3) is 3.15. The molecular formula is C15H13Br2FO2. The van der Waals surface area contributed by atoms with Crippen LogP contribution in [0.5, 0.6) is 11.5 Å². The molecule has 106 valence electrons. The summed E-state index contributed by atoms with van der Waals surface area (Å²) < 4.78 is 24.3. The highest BCUT2D eigenvalue weighted by Crippen LogP contribution is 2.39. The van der Waals surface area contributed by atoms with Crippen LogP contribution in [0.25, 0.3) is 0 Å². The predicted octanol–water partition coefficient (Wildman–Crippen LogP) is 5.09. The highest BCUT2D eigenvalue weighted by Gasteiger charge is 2.17. The summed E-state index contributed by atoms with van der Waals surface area (Å²) in [6, 6.07) is 10.5. The topological polar surface area (TPSA) is 18.5 Å². The number of benzene rings is 2. The smallest absolute Gasteiger partial charge is 0.137 e. The molecule has 2 aromatic rings. The molecule has 0 aliphatic rings. The van der Waals surface area contributed by atoms with E-state index in [1.165, 1.54) is 6.07 Å². The first-order chi connectivity index (χ1) is 9.56. The van der Waals surface area contributed by atoms with Gasteiger partial charge in [0.25, 0.3) is 0 Å². The normalized spacial score (nSPS) is 12.1. The van der Waals surface area contributed by atoms with E-state index in [9.17, 15) is 4.39 Å². The zero-order chi connectivity index (χ0) is 14.7. The molecule has 5 heteroatoms. The molecular weight excluding hydrogens is 391 g/mol. The van der Waals surface area contributed by atoms with Crippen molar-refractivity contribution < 1.29 is 13.9 Å². The second kappa shape index (κ2) is 6.59. The van der Waals surface area contributed by atoms with Crippen LogP contribution in [0.2, 0.25) is 0 Å². The van der Waals surface area contributed by atoms with Crippen LogP contribution in [0.3, 0.4) is 0 Å². The van der Waals surface area contributed by atoms with Gasteiger partial charge in [-0.2, -0.15) is 0 Å². The maximum atomic E-state index is 13.3. The lowest BCUT2D eigenvalue weighted by Crippen LogP contribution is -1.98. The molecule has 0 radical (unpaired) electrons. The molecule has 0 heterocycles.